The molecule has 0 N–H and O–H groups in total. The standard InChI is InChI=1S/C10H9ClF4O/c11-6-7-3-8(12)5-9(4-7)16-2-1-10(13,14)15/h3-5H,1-2,6H2. The van der Waals surface area contributed by atoms with Crippen molar-refractivity contribution in [2.45, 2.75) is 18.5 Å². The summed E-state index contributed by atoms with van der Waals surface area (Å²) in [5.74, 6) is -0.451. The Morgan fingerprint density at radius 3 is 2.44 bits per heavy atom. The van der Waals surface area contributed by atoms with Crippen LogP contribution in [0.15, 0.2) is 18.2 Å². The second-order valence-corrected chi connectivity index (χ2v) is 3.41. The normalized spacial score (nSPS) is 11.6. The van der Waals surface area contributed by atoms with Gasteiger partial charge in [-0.05, 0) is 17.7 Å². The highest BCUT2D eigenvalue weighted by Gasteiger charge is 2.26. The highest BCUT2D eigenvalue weighted by atomic mass is 35.5. The van der Waals surface area contributed by atoms with Crippen molar-refractivity contribution >= 4 is 11.6 Å². The Labute approximate surface area is 95.0 Å². The summed E-state index contributed by atoms with van der Waals surface area (Å²) in [5, 5.41) is 0. The minimum absolute atomic E-state index is 0.0555. The molecule has 0 heterocycles. The monoisotopic (exact) mass is 256 g/mol. The lowest BCUT2D eigenvalue weighted by atomic mass is 10.2. The summed E-state index contributed by atoms with van der Waals surface area (Å²) in [6.07, 6.45) is -5.34. The summed E-state index contributed by atoms with van der Waals surface area (Å²) in [6.45, 7) is -0.533. The van der Waals surface area contributed by atoms with Crippen molar-refractivity contribution in [3.05, 3.63) is 29.6 Å². The average molecular weight is 257 g/mol. The van der Waals surface area contributed by atoms with E-state index in [1.54, 1.807) is 0 Å². The Bertz CT molecular complexity index is 351. The number of rotatable bonds is 4. The molecule has 0 aliphatic carbocycles. The van der Waals surface area contributed by atoms with Crippen LogP contribution in [0.3, 0.4) is 0 Å². The molecule has 0 spiro atoms. The molecule has 0 radical (unpaired) electrons. The number of hydrogen-bond donors (Lipinski definition) is 0. The smallest absolute Gasteiger partial charge is 0.392 e. The van der Waals surface area contributed by atoms with E-state index in [1.807, 2.05) is 0 Å². The zero-order chi connectivity index (χ0) is 12.2. The third-order valence-electron chi connectivity index (χ3n) is 1.74. The summed E-state index contributed by atoms with van der Waals surface area (Å²) < 4.78 is 53.1. The average Bonchev–Trinajstić information content (AvgIpc) is 2.14. The molecule has 90 valence electrons. The molecule has 0 atom stereocenters. The third kappa shape index (κ3) is 4.70. The molecule has 0 bridgehead atoms. The second kappa shape index (κ2) is 5.39. The molecule has 1 nitrogen and oxygen atoms in total. The van der Waals surface area contributed by atoms with Crippen molar-refractivity contribution in [2.75, 3.05) is 6.61 Å². The topological polar surface area (TPSA) is 9.23 Å². The summed E-state index contributed by atoms with van der Waals surface area (Å²) in [6, 6.07) is 3.63. The Morgan fingerprint density at radius 2 is 1.88 bits per heavy atom. The van der Waals surface area contributed by atoms with Crippen molar-refractivity contribution in [1.82, 2.24) is 0 Å². The Morgan fingerprint density at radius 1 is 1.19 bits per heavy atom. The second-order valence-electron chi connectivity index (χ2n) is 3.14. The fourth-order valence-corrected chi connectivity index (χ4v) is 1.22. The van der Waals surface area contributed by atoms with Gasteiger partial charge in [0, 0.05) is 11.9 Å². The van der Waals surface area contributed by atoms with Crippen LogP contribution in [0.25, 0.3) is 0 Å². The number of benzene rings is 1. The first-order valence-corrected chi connectivity index (χ1v) is 4.99. The van der Waals surface area contributed by atoms with Gasteiger partial charge in [0.25, 0.3) is 0 Å². The lowest BCUT2D eigenvalue weighted by Crippen LogP contribution is -2.13. The van der Waals surface area contributed by atoms with Gasteiger partial charge in [-0.25, -0.2) is 4.39 Å². The number of halogens is 5. The van der Waals surface area contributed by atoms with E-state index in [0.29, 0.717) is 5.56 Å². The van der Waals surface area contributed by atoms with Crippen LogP contribution in [-0.4, -0.2) is 12.8 Å². The van der Waals surface area contributed by atoms with Crippen LogP contribution in [0.1, 0.15) is 12.0 Å². The van der Waals surface area contributed by atoms with Crippen LogP contribution in [0.2, 0.25) is 0 Å². The lowest BCUT2D eigenvalue weighted by Gasteiger charge is -2.09. The van der Waals surface area contributed by atoms with E-state index in [1.165, 1.54) is 12.1 Å². The van der Waals surface area contributed by atoms with Gasteiger partial charge in [-0.2, -0.15) is 13.2 Å². The number of hydrogen-bond acceptors (Lipinski definition) is 1. The van der Waals surface area contributed by atoms with Crippen molar-refractivity contribution in [3.8, 4) is 5.75 Å². The molecule has 0 amide bonds. The van der Waals surface area contributed by atoms with Crippen molar-refractivity contribution in [2.24, 2.45) is 0 Å². The summed E-state index contributed by atoms with van der Waals surface area (Å²) in [4.78, 5) is 0. The van der Waals surface area contributed by atoms with Gasteiger partial charge in [0.15, 0.2) is 0 Å². The van der Waals surface area contributed by atoms with Crippen molar-refractivity contribution in [1.29, 1.82) is 0 Å². The third-order valence-corrected chi connectivity index (χ3v) is 2.05. The molecule has 0 saturated carbocycles. The first-order chi connectivity index (χ1) is 7.40. The number of ether oxygens (including phenoxy) is 1. The molecule has 0 aromatic heterocycles. The van der Waals surface area contributed by atoms with Gasteiger partial charge in [0.05, 0.1) is 13.0 Å². The molecule has 0 saturated heterocycles. The van der Waals surface area contributed by atoms with Gasteiger partial charge >= 0.3 is 6.18 Å². The number of alkyl halides is 4. The highest BCUT2D eigenvalue weighted by Crippen LogP contribution is 2.22. The van der Waals surface area contributed by atoms with Crippen molar-refractivity contribution < 1.29 is 22.3 Å². The molecular formula is C10H9ClF4O. The molecule has 6 heteroatoms. The van der Waals surface area contributed by atoms with Crippen molar-refractivity contribution in [3.63, 3.8) is 0 Å². The quantitative estimate of drug-likeness (QED) is 0.586. The fourth-order valence-electron chi connectivity index (χ4n) is 1.07. The van der Waals surface area contributed by atoms with Crippen LogP contribution in [0, 0.1) is 5.82 Å². The van der Waals surface area contributed by atoms with E-state index >= 15 is 0 Å². The Kier molecular flexibility index (Phi) is 4.41. The first-order valence-electron chi connectivity index (χ1n) is 4.46. The molecule has 1 rings (SSSR count). The molecular weight excluding hydrogens is 248 g/mol. The Hall–Kier alpha value is -0.970. The van der Waals surface area contributed by atoms with E-state index in [-0.39, 0.29) is 11.6 Å². The molecule has 0 fully saturated rings. The largest absolute Gasteiger partial charge is 0.493 e. The van der Waals surface area contributed by atoms with Crippen LogP contribution in [0.4, 0.5) is 17.6 Å². The molecule has 16 heavy (non-hydrogen) atoms. The predicted molar refractivity (Wildman–Crippen MR) is 52.1 cm³/mol. The van der Waals surface area contributed by atoms with E-state index < -0.39 is 25.0 Å². The molecule has 0 unspecified atom stereocenters. The van der Waals surface area contributed by atoms with Crippen LogP contribution in [0.5, 0.6) is 5.75 Å². The van der Waals surface area contributed by atoms with Gasteiger partial charge in [-0.3, -0.25) is 0 Å². The van der Waals surface area contributed by atoms with E-state index in [9.17, 15) is 17.6 Å². The summed E-state index contributed by atoms with van der Waals surface area (Å²) in [7, 11) is 0. The maximum absolute atomic E-state index is 12.9. The summed E-state index contributed by atoms with van der Waals surface area (Å²) in [5.41, 5.74) is 0.462. The predicted octanol–water partition coefficient (Wildman–Crippen LogP) is 3.90. The summed E-state index contributed by atoms with van der Waals surface area (Å²) >= 11 is 5.48. The van der Waals surface area contributed by atoms with Crippen LogP contribution >= 0.6 is 11.6 Å². The van der Waals surface area contributed by atoms with Crippen LogP contribution < -0.4 is 4.74 Å². The SMILES string of the molecule is Fc1cc(CCl)cc(OCCC(F)(F)F)c1. The molecule has 1 aromatic rings. The maximum Gasteiger partial charge on any atom is 0.392 e. The van der Waals surface area contributed by atoms with Gasteiger partial charge in [-0.1, -0.05) is 0 Å². The molecule has 0 aliphatic heterocycles. The van der Waals surface area contributed by atoms with Gasteiger partial charge in [0.2, 0.25) is 0 Å². The zero-order valence-corrected chi connectivity index (χ0v) is 8.91. The van der Waals surface area contributed by atoms with Gasteiger partial charge in [0.1, 0.15) is 11.6 Å². The minimum Gasteiger partial charge on any atom is -0.493 e. The van der Waals surface area contributed by atoms with E-state index in [0.717, 1.165) is 6.07 Å². The molecule has 0 aliphatic rings. The zero-order valence-electron chi connectivity index (χ0n) is 8.15. The molecule has 1 aromatic carbocycles. The fraction of sp³-hybridized carbons (Fsp3) is 0.400. The van der Waals surface area contributed by atoms with Gasteiger partial charge in [-0.15, -0.1) is 11.6 Å². The lowest BCUT2D eigenvalue weighted by molar-refractivity contribution is -0.139. The van der Waals surface area contributed by atoms with E-state index in [4.69, 9.17) is 16.3 Å². The first kappa shape index (κ1) is 13.1. The maximum atomic E-state index is 12.9. The Balaban J connectivity index is 2.57. The highest BCUT2D eigenvalue weighted by molar-refractivity contribution is 6.17. The van der Waals surface area contributed by atoms with Crippen LogP contribution in [-0.2, 0) is 5.88 Å². The minimum atomic E-state index is -4.28. The van der Waals surface area contributed by atoms with E-state index in [2.05, 4.69) is 0 Å². The van der Waals surface area contributed by atoms with Gasteiger partial charge < -0.3 is 4.74 Å².